The molecule has 0 aromatic heterocycles. The minimum Gasteiger partial charge on any atom is -0.298 e. The van der Waals surface area contributed by atoms with Gasteiger partial charge in [0.05, 0.1) is 0 Å². The van der Waals surface area contributed by atoms with Crippen LogP contribution in [-0.4, -0.2) is 18.5 Å². The Morgan fingerprint density at radius 3 is 2.09 bits per heavy atom. The molecule has 0 aliphatic heterocycles. The van der Waals surface area contributed by atoms with Crippen molar-refractivity contribution in [1.82, 2.24) is 4.90 Å². The lowest BCUT2D eigenvalue weighted by Gasteiger charge is -2.21. The van der Waals surface area contributed by atoms with Crippen molar-refractivity contribution in [1.29, 1.82) is 0 Å². The molecule has 0 saturated carbocycles. The van der Waals surface area contributed by atoms with Crippen LogP contribution < -0.4 is 0 Å². The molecule has 0 saturated heterocycles. The molecule has 1 nitrogen and oxygen atoms in total. The molecule has 0 aliphatic carbocycles. The van der Waals surface area contributed by atoms with E-state index in [9.17, 15) is 0 Å². The molecular weight excluding hydrogens is 346 g/mol. The first-order valence-electron chi connectivity index (χ1n) is 7.97. The SMILES string of the molecule is C=C(CN(C)Cc1ccc(C(C)(C)C)cc1)c1ccc(Br)cc1. The Labute approximate surface area is 149 Å². The number of rotatable bonds is 5. The number of hydrogen-bond acceptors (Lipinski definition) is 1. The van der Waals surface area contributed by atoms with E-state index < -0.39 is 0 Å². The van der Waals surface area contributed by atoms with Gasteiger partial charge >= 0.3 is 0 Å². The van der Waals surface area contributed by atoms with Gasteiger partial charge < -0.3 is 0 Å². The molecule has 0 amide bonds. The Morgan fingerprint density at radius 2 is 1.57 bits per heavy atom. The largest absolute Gasteiger partial charge is 0.298 e. The molecule has 2 aromatic rings. The molecule has 0 radical (unpaired) electrons. The van der Waals surface area contributed by atoms with Crippen LogP contribution in [0.3, 0.4) is 0 Å². The van der Waals surface area contributed by atoms with Crippen molar-refractivity contribution in [3.8, 4) is 0 Å². The number of benzene rings is 2. The second-order valence-corrected chi connectivity index (χ2v) is 8.15. The van der Waals surface area contributed by atoms with Gasteiger partial charge in [-0.1, -0.05) is 79.7 Å². The van der Waals surface area contributed by atoms with E-state index in [1.54, 1.807) is 0 Å². The highest BCUT2D eigenvalue weighted by Crippen LogP contribution is 2.23. The minimum absolute atomic E-state index is 0.209. The van der Waals surface area contributed by atoms with Gasteiger partial charge in [-0.3, -0.25) is 4.90 Å². The topological polar surface area (TPSA) is 3.24 Å². The Hall–Kier alpha value is -1.38. The molecule has 0 spiro atoms. The summed E-state index contributed by atoms with van der Waals surface area (Å²) in [5.74, 6) is 0. The highest BCUT2D eigenvalue weighted by Gasteiger charge is 2.13. The maximum Gasteiger partial charge on any atom is 0.0234 e. The van der Waals surface area contributed by atoms with E-state index in [4.69, 9.17) is 0 Å². The average Bonchev–Trinajstić information content (AvgIpc) is 2.47. The lowest BCUT2D eigenvalue weighted by Crippen LogP contribution is -2.20. The van der Waals surface area contributed by atoms with Gasteiger partial charge in [0.2, 0.25) is 0 Å². The van der Waals surface area contributed by atoms with Crippen molar-refractivity contribution in [3.63, 3.8) is 0 Å². The molecule has 0 heterocycles. The summed E-state index contributed by atoms with van der Waals surface area (Å²) in [5.41, 5.74) is 5.27. The van der Waals surface area contributed by atoms with Crippen LogP contribution in [0.15, 0.2) is 59.6 Å². The molecular formula is C21H26BrN. The van der Waals surface area contributed by atoms with Crippen molar-refractivity contribution in [2.24, 2.45) is 0 Å². The zero-order valence-corrected chi connectivity index (χ0v) is 16.2. The fourth-order valence-electron chi connectivity index (χ4n) is 2.58. The van der Waals surface area contributed by atoms with Crippen LogP contribution in [-0.2, 0) is 12.0 Å². The van der Waals surface area contributed by atoms with E-state index in [1.165, 1.54) is 16.7 Å². The Bertz CT molecular complexity index is 648. The number of likely N-dealkylation sites (N-methyl/N-ethyl adjacent to an activating group) is 1. The predicted molar refractivity (Wildman–Crippen MR) is 105 cm³/mol. The van der Waals surface area contributed by atoms with Gasteiger partial charge in [0.15, 0.2) is 0 Å². The first-order chi connectivity index (χ1) is 10.8. The molecule has 23 heavy (non-hydrogen) atoms. The van der Waals surface area contributed by atoms with E-state index in [0.717, 1.165) is 23.1 Å². The number of hydrogen-bond donors (Lipinski definition) is 0. The molecule has 2 heteroatoms. The average molecular weight is 372 g/mol. The maximum atomic E-state index is 4.23. The normalized spacial score (nSPS) is 11.7. The van der Waals surface area contributed by atoms with Gasteiger partial charge in [-0.15, -0.1) is 0 Å². The summed E-state index contributed by atoms with van der Waals surface area (Å²) in [7, 11) is 2.14. The summed E-state index contributed by atoms with van der Waals surface area (Å²) in [6.45, 7) is 12.8. The lowest BCUT2D eigenvalue weighted by molar-refractivity contribution is 0.369. The standard InChI is InChI=1S/C21H26BrN/c1-16(18-8-12-20(22)13-9-18)14-23(5)15-17-6-10-19(11-7-17)21(2,3)4/h6-13H,1,14-15H2,2-5H3. The third kappa shape index (κ3) is 5.33. The summed E-state index contributed by atoms with van der Waals surface area (Å²) < 4.78 is 1.10. The molecule has 0 atom stereocenters. The highest BCUT2D eigenvalue weighted by molar-refractivity contribution is 9.10. The first kappa shape index (κ1) is 18.0. The van der Waals surface area contributed by atoms with Crippen LogP contribution in [0.2, 0.25) is 0 Å². The fourth-order valence-corrected chi connectivity index (χ4v) is 2.84. The van der Waals surface area contributed by atoms with E-state index >= 15 is 0 Å². The van der Waals surface area contributed by atoms with Crippen LogP contribution in [0.4, 0.5) is 0 Å². The third-order valence-electron chi connectivity index (χ3n) is 3.99. The monoisotopic (exact) mass is 371 g/mol. The summed E-state index contributed by atoms with van der Waals surface area (Å²) >= 11 is 3.47. The van der Waals surface area contributed by atoms with Crippen LogP contribution >= 0.6 is 15.9 Å². The van der Waals surface area contributed by atoms with Gasteiger partial charge in [0.1, 0.15) is 0 Å². The summed E-state index contributed by atoms with van der Waals surface area (Å²) in [6, 6.07) is 17.3. The molecule has 0 bridgehead atoms. The molecule has 0 N–H and O–H groups in total. The second kappa shape index (κ2) is 7.46. The molecule has 0 aliphatic rings. The summed E-state index contributed by atoms with van der Waals surface area (Å²) in [5, 5.41) is 0. The molecule has 122 valence electrons. The van der Waals surface area contributed by atoms with E-state index in [2.05, 4.69) is 104 Å². The predicted octanol–water partition coefficient (Wildman–Crippen LogP) is 5.89. The first-order valence-corrected chi connectivity index (χ1v) is 8.77. The number of nitrogens with zero attached hydrogens (tertiary/aromatic N) is 1. The maximum absolute atomic E-state index is 4.23. The van der Waals surface area contributed by atoms with Crippen molar-refractivity contribution in [2.75, 3.05) is 13.6 Å². The fraction of sp³-hybridized carbons (Fsp3) is 0.333. The van der Waals surface area contributed by atoms with Crippen LogP contribution in [0.25, 0.3) is 5.57 Å². The van der Waals surface area contributed by atoms with Gasteiger partial charge in [-0.2, -0.15) is 0 Å². The quantitative estimate of drug-likeness (QED) is 0.632. The third-order valence-corrected chi connectivity index (χ3v) is 4.51. The van der Waals surface area contributed by atoms with E-state index in [-0.39, 0.29) is 5.41 Å². The lowest BCUT2D eigenvalue weighted by atomic mass is 9.87. The minimum atomic E-state index is 0.209. The van der Waals surface area contributed by atoms with E-state index in [0.29, 0.717) is 0 Å². The van der Waals surface area contributed by atoms with Crippen LogP contribution in [0.5, 0.6) is 0 Å². The molecule has 2 rings (SSSR count). The molecule has 0 fully saturated rings. The van der Waals surface area contributed by atoms with Gasteiger partial charge in [-0.05, 0) is 46.9 Å². The highest BCUT2D eigenvalue weighted by atomic mass is 79.9. The van der Waals surface area contributed by atoms with Crippen molar-refractivity contribution in [2.45, 2.75) is 32.7 Å². The second-order valence-electron chi connectivity index (χ2n) is 7.23. The van der Waals surface area contributed by atoms with Gasteiger partial charge in [0.25, 0.3) is 0 Å². The Balaban J connectivity index is 1.95. The Kier molecular flexibility index (Phi) is 5.83. The van der Waals surface area contributed by atoms with Gasteiger partial charge in [0, 0.05) is 17.6 Å². The summed E-state index contributed by atoms with van der Waals surface area (Å²) in [6.07, 6.45) is 0. The molecule has 0 unspecified atom stereocenters. The van der Waals surface area contributed by atoms with E-state index in [1.807, 2.05) is 0 Å². The van der Waals surface area contributed by atoms with Crippen LogP contribution in [0.1, 0.15) is 37.5 Å². The van der Waals surface area contributed by atoms with Crippen LogP contribution in [0, 0.1) is 0 Å². The molecule has 2 aromatic carbocycles. The van der Waals surface area contributed by atoms with Gasteiger partial charge in [-0.25, -0.2) is 0 Å². The smallest absolute Gasteiger partial charge is 0.0234 e. The van der Waals surface area contributed by atoms with Crippen molar-refractivity contribution < 1.29 is 0 Å². The van der Waals surface area contributed by atoms with Crippen molar-refractivity contribution >= 4 is 21.5 Å². The number of halogens is 1. The Morgan fingerprint density at radius 1 is 1.00 bits per heavy atom. The zero-order valence-electron chi connectivity index (χ0n) is 14.6. The summed E-state index contributed by atoms with van der Waals surface area (Å²) in [4.78, 5) is 2.30. The zero-order chi connectivity index (χ0) is 17.0. The van der Waals surface area contributed by atoms with Crippen molar-refractivity contribution in [3.05, 3.63) is 76.3 Å².